The van der Waals surface area contributed by atoms with Crippen LogP contribution in [0.1, 0.15) is 50.6 Å². The summed E-state index contributed by atoms with van der Waals surface area (Å²) in [4.78, 5) is 25.0. The molecule has 4 rings (SSSR count). The monoisotopic (exact) mass is 466 g/mol. The normalized spacial score (nSPS) is 17.6. The largest absolute Gasteiger partial charge is 0.455 e. The van der Waals surface area contributed by atoms with Crippen LogP contribution in [0.3, 0.4) is 0 Å². The summed E-state index contributed by atoms with van der Waals surface area (Å²) in [7, 11) is 0. The van der Waals surface area contributed by atoms with E-state index in [1.54, 1.807) is 18.2 Å². The van der Waals surface area contributed by atoms with E-state index in [2.05, 4.69) is 26.8 Å². The number of carbonyl (C=O) groups is 2. The molecule has 2 aromatic rings. The lowest BCUT2D eigenvalue weighted by molar-refractivity contribution is 0.0829. The molecule has 5 nitrogen and oxygen atoms in total. The summed E-state index contributed by atoms with van der Waals surface area (Å²) < 4.78 is 6.64. The van der Waals surface area contributed by atoms with Crippen LogP contribution in [-0.2, 0) is 10.5 Å². The lowest BCUT2D eigenvalue weighted by Crippen LogP contribution is -2.41. The van der Waals surface area contributed by atoms with Crippen LogP contribution >= 0.6 is 39.5 Å². The minimum atomic E-state index is -0.426. The molecule has 0 bridgehead atoms. The van der Waals surface area contributed by atoms with Gasteiger partial charge in [0.2, 0.25) is 0 Å². The van der Waals surface area contributed by atoms with Crippen LogP contribution in [0.25, 0.3) is 0 Å². The molecular weight excluding hydrogens is 448 g/mol. The zero-order valence-electron chi connectivity index (χ0n) is 14.8. The van der Waals surface area contributed by atoms with Crippen LogP contribution in [-0.4, -0.2) is 23.3 Å². The molecule has 1 spiro atoms. The second-order valence-electron chi connectivity index (χ2n) is 6.55. The number of aryl methyl sites for hydroxylation is 1. The first-order valence-electron chi connectivity index (χ1n) is 8.78. The molecule has 2 heterocycles. The summed E-state index contributed by atoms with van der Waals surface area (Å²) in [6.07, 6.45) is 3.03. The van der Waals surface area contributed by atoms with Gasteiger partial charge in [-0.2, -0.15) is 0 Å². The number of rotatable bonds is 2. The van der Waals surface area contributed by atoms with E-state index in [1.165, 1.54) is 5.56 Å². The summed E-state index contributed by atoms with van der Waals surface area (Å²) >= 11 is 7.26. The molecule has 1 aliphatic carbocycles. The minimum Gasteiger partial charge on any atom is -0.455 e. The van der Waals surface area contributed by atoms with Crippen LogP contribution in [0.15, 0.2) is 33.2 Å². The molecule has 1 saturated heterocycles. The average molecular weight is 467 g/mol. The van der Waals surface area contributed by atoms with E-state index in [4.69, 9.17) is 4.42 Å². The van der Waals surface area contributed by atoms with E-state index in [1.807, 2.05) is 36.5 Å². The van der Waals surface area contributed by atoms with Crippen molar-refractivity contribution in [1.82, 2.24) is 10.9 Å². The van der Waals surface area contributed by atoms with E-state index in [0.29, 0.717) is 15.8 Å². The van der Waals surface area contributed by atoms with Crippen molar-refractivity contribution in [1.29, 1.82) is 0 Å². The van der Waals surface area contributed by atoms with Gasteiger partial charge in [0.15, 0.2) is 5.76 Å². The second-order valence-corrected chi connectivity index (χ2v) is 10.4. The van der Waals surface area contributed by atoms with Gasteiger partial charge in [0.1, 0.15) is 5.76 Å². The molecule has 1 aromatic heterocycles. The Balaban J connectivity index is 1.53. The minimum absolute atomic E-state index is 0.0256. The SMILES string of the molecule is Cc1c(C(=O)NNC(=O)c2ccccc2Br)oc2c1C1(CCC2)SCCS1. The van der Waals surface area contributed by atoms with Crippen LogP contribution in [0.2, 0.25) is 0 Å². The highest BCUT2D eigenvalue weighted by Crippen LogP contribution is 2.59. The first kappa shape index (κ1) is 19.0. The van der Waals surface area contributed by atoms with Crippen molar-refractivity contribution in [2.75, 3.05) is 11.5 Å². The Morgan fingerprint density at radius 2 is 1.85 bits per heavy atom. The molecule has 2 N–H and O–H groups in total. The number of hydrazine groups is 1. The molecule has 0 radical (unpaired) electrons. The summed E-state index contributed by atoms with van der Waals surface area (Å²) in [6.45, 7) is 1.94. The second kappa shape index (κ2) is 7.56. The van der Waals surface area contributed by atoms with E-state index in [0.717, 1.165) is 42.1 Å². The third kappa shape index (κ3) is 3.43. The number of carbonyl (C=O) groups excluding carboxylic acids is 2. The molecule has 2 aliphatic rings. The van der Waals surface area contributed by atoms with Crippen molar-refractivity contribution in [3.05, 3.63) is 56.9 Å². The molecule has 142 valence electrons. The lowest BCUT2D eigenvalue weighted by Gasteiger charge is -2.31. The summed E-state index contributed by atoms with van der Waals surface area (Å²) in [5, 5.41) is 0. The maximum absolute atomic E-state index is 12.7. The standard InChI is InChI=1S/C19H19BrN2O3S2/c1-11-15-14(7-4-8-19(15)26-9-10-27-19)25-16(11)18(24)22-21-17(23)12-5-2-3-6-13(12)20/h2-3,5-6H,4,7-10H2,1H3,(H,21,23)(H,22,24). The molecule has 1 aromatic carbocycles. The Kier molecular flexibility index (Phi) is 5.31. The number of hydrogen-bond acceptors (Lipinski definition) is 5. The molecule has 27 heavy (non-hydrogen) atoms. The quantitative estimate of drug-likeness (QED) is 0.641. The Bertz CT molecular complexity index is 906. The predicted molar refractivity (Wildman–Crippen MR) is 112 cm³/mol. The number of fused-ring (bicyclic) bond motifs is 2. The number of amides is 2. The van der Waals surface area contributed by atoms with Crippen molar-refractivity contribution >= 4 is 51.3 Å². The number of halogens is 1. The highest BCUT2D eigenvalue weighted by Gasteiger charge is 2.45. The molecule has 0 atom stereocenters. The smallest absolute Gasteiger partial charge is 0.305 e. The van der Waals surface area contributed by atoms with Crippen molar-refractivity contribution in [3.8, 4) is 0 Å². The fourth-order valence-electron chi connectivity index (χ4n) is 3.70. The Morgan fingerprint density at radius 3 is 2.59 bits per heavy atom. The Hall–Kier alpha value is -1.38. The zero-order valence-corrected chi connectivity index (χ0v) is 18.0. The molecule has 0 unspecified atom stereocenters. The third-order valence-electron chi connectivity index (χ3n) is 4.88. The van der Waals surface area contributed by atoms with Gasteiger partial charge in [0.25, 0.3) is 5.91 Å². The third-order valence-corrected chi connectivity index (χ3v) is 9.10. The predicted octanol–water partition coefficient (Wildman–Crippen LogP) is 4.39. The molecule has 8 heteroatoms. The van der Waals surface area contributed by atoms with Crippen LogP contribution in [0.4, 0.5) is 0 Å². The van der Waals surface area contributed by atoms with Gasteiger partial charge in [0, 0.05) is 33.5 Å². The van der Waals surface area contributed by atoms with E-state index in [-0.39, 0.29) is 9.99 Å². The molecule has 0 saturated carbocycles. The molecule has 1 aliphatic heterocycles. The number of benzene rings is 1. The fraction of sp³-hybridized carbons (Fsp3) is 0.368. The van der Waals surface area contributed by atoms with Crippen LogP contribution in [0, 0.1) is 6.92 Å². The highest BCUT2D eigenvalue weighted by molar-refractivity contribution is 9.10. The van der Waals surface area contributed by atoms with Crippen molar-refractivity contribution in [2.45, 2.75) is 30.3 Å². The van der Waals surface area contributed by atoms with E-state index < -0.39 is 5.91 Å². The average Bonchev–Trinajstić information content (AvgIpc) is 3.26. The zero-order chi connectivity index (χ0) is 19.0. The van der Waals surface area contributed by atoms with Crippen LogP contribution < -0.4 is 10.9 Å². The summed E-state index contributed by atoms with van der Waals surface area (Å²) in [5.41, 5.74) is 7.48. The molecule has 1 fully saturated rings. The summed E-state index contributed by atoms with van der Waals surface area (Å²) in [5.74, 6) is 2.65. The van der Waals surface area contributed by atoms with Crippen molar-refractivity contribution < 1.29 is 14.0 Å². The van der Waals surface area contributed by atoms with Gasteiger partial charge in [-0.15, -0.1) is 23.5 Å². The van der Waals surface area contributed by atoms with Gasteiger partial charge in [-0.3, -0.25) is 20.4 Å². The van der Waals surface area contributed by atoms with Gasteiger partial charge in [-0.05, 0) is 47.8 Å². The number of hydrogen-bond donors (Lipinski definition) is 2. The topological polar surface area (TPSA) is 71.3 Å². The first-order chi connectivity index (χ1) is 13.0. The van der Waals surface area contributed by atoms with Crippen molar-refractivity contribution in [2.24, 2.45) is 0 Å². The fourth-order valence-corrected chi connectivity index (χ4v) is 7.72. The number of thioether (sulfide) groups is 2. The van der Waals surface area contributed by atoms with E-state index >= 15 is 0 Å². The number of furan rings is 1. The Labute approximate surface area is 174 Å². The lowest BCUT2D eigenvalue weighted by atomic mass is 9.94. The maximum atomic E-state index is 12.7. The Morgan fingerprint density at radius 1 is 1.15 bits per heavy atom. The van der Waals surface area contributed by atoms with Crippen LogP contribution in [0.5, 0.6) is 0 Å². The van der Waals surface area contributed by atoms with Gasteiger partial charge < -0.3 is 4.42 Å². The maximum Gasteiger partial charge on any atom is 0.305 e. The van der Waals surface area contributed by atoms with Gasteiger partial charge in [-0.25, -0.2) is 0 Å². The van der Waals surface area contributed by atoms with Gasteiger partial charge in [0.05, 0.1) is 9.64 Å². The van der Waals surface area contributed by atoms with Crippen molar-refractivity contribution in [3.63, 3.8) is 0 Å². The van der Waals surface area contributed by atoms with Gasteiger partial charge >= 0.3 is 5.91 Å². The number of nitrogens with one attached hydrogen (secondary N) is 2. The first-order valence-corrected chi connectivity index (χ1v) is 11.5. The van der Waals surface area contributed by atoms with E-state index in [9.17, 15) is 9.59 Å². The molecular formula is C19H19BrN2O3S2. The summed E-state index contributed by atoms with van der Waals surface area (Å²) in [6, 6.07) is 7.05. The van der Waals surface area contributed by atoms with Gasteiger partial charge in [-0.1, -0.05) is 12.1 Å². The molecule has 2 amide bonds. The highest BCUT2D eigenvalue weighted by atomic mass is 79.9.